The Balaban J connectivity index is 2.58. The van der Waals surface area contributed by atoms with Crippen molar-refractivity contribution >= 4 is 11.7 Å². The summed E-state index contributed by atoms with van der Waals surface area (Å²) in [5.74, 6) is 0.608. The monoisotopic (exact) mass is 223 g/mol. The fraction of sp³-hybridized carbons (Fsp3) is 0.417. The van der Waals surface area contributed by atoms with Gasteiger partial charge < -0.3 is 14.4 Å². The third-order valence-electron chi connectivity index (χ3n) is 2.37. The van der Waals surface area contributed by atoms with Gasteiger partial charge in [0.1, 0.15) is 5.75 Å². The SMILES string of the molecule is COC(=O)CCN(C)c1cccc(OC)c1. The van der Waals surface area contributed by atoms with Crippen LogP contribution in [0.2, 0.25) is 0 Å². The number of hydrogen-bond donors (Lipinski definition) is 0. The molecule has 4 heteroatoms. The second-order valence-electron chi connectivity index (χ2n) is 3.45. The lowest BCUT2D eigenvalue weighted by Crippen LogP contribution is -2.21. The Kier molecular flexibility index (Phi) is 4.64. The van der Waals surface area contributed by atoms with Crippen molar-refractivity contribution in [1.82, 2.24) is 0 Å². The van der Waals surface area contributed by atoms with Crippen molar-refractivity contribution in [2.45, 2.75) is 6.42 Å². The average Bonchev–Trinajstić information content (AvgIpc) is 2.35. The van der Waals surface area contributed by atoms with Crippen LogP contribution in [0.3, 0.4) is 0 Å². The molecule has 0 saturated carbocycles. The summed E-state index contributed by atoms with van der Waals surface area (Å²) in [6.07, 6.45) is 0.379. The van der Waals surface area contributed by atoms with Gasteiger partial charge in [0, 0.05) is 25.3 Å². The molecule has 0 N–H and O–H groups in total. The molecule has 1 aromatic rings. The minimum atomic E-state index is -0.199. The molecule has 88 valence electrons. The number of benzene rings is 1. The fourth-order valence-corrected chi connectivity index (χ4v) is 1.34. The molecule has 0 aliphatic rings. The Labute approximate surface area is 95.8 Å². The molecule has 0 atom stereocenters. The first-order valence-electron chi connectivity index (χ1n) is 5.09. The second kappa shape index (κ2) is 6.00. The van der Waals surface area contributed by atoms with Crippen molar-refractivity contribution in [1.29, 1.82) is 0 Å². The smallest absolute Gasteiger partial charge is 0.307 e. The molecule has 0 unspecified atom stereocenters. The first-order chi connectivity index (χ1) is 7.67. The first kappa shape index (κ1) is 12.4. The first-order valence-corrected chi connectivity index (χ1v) is 5.09. The van der Waals surface area contributed by atoms with Crippen molar-refractivity contribution < 1.29 is 14.3 Å². The summed E-state index contributed by atoms with van der Waals surface area (Å²) in [6, 6.07) is 7.71. The highest BCUT2D eigenvalue weighted by atomic mass is 16.5. The maximum absolute atomic E-state index is 11.0. The van der Waals surface area contributed by atoms with Gasteiger partial charge in [0.2, 0.25) is 0 Å². The minimum Gasteiger partial charge on any atom is -0.497 e. The number of ether oxygens (including phenoxy) is 2. The Morgan fingerprint density at radius 3 is 2.75 bits per heavy atom. The van der Waals surface area contributed by atoms with Crippen molar-refractivity contribution in [3.05, 3.63) is 24.3 Å². The number of anilines is 1. The zero-order valence-corrected chi connectivity index (χ0v) is 9.90. The molecular weight excluding hydrogens is 206 g/mol. The lowest BCUT2D eigenvalue weighted by atomic mass is 10.2. The summed E-state index contributed by atoms with van der Waals surface area (Å²) in [4.78, 5) is 13.0. The largest absolute Gasteiger partial charge is 0.497 e. The van der Waals surface area contributed by atoms with E-state index in [9.17, 15) is 4.79 Å². The van der Waals surface area contributed by atoms with Gasteiger partial charge in [-0.2, -0.15) is 0 Å². The quantitative estimate of drug-likeness (QED) is 0.712. The molecule has 0 bridgehead atoms. The molecule has 0 aliphatic heterocycles. The number of rotatable bonds is 5. The molecule has 0 heterocycles. The van der Waals surface area contributed by atoms with Crippen LogP contribution in [0.5, 0.6) is 5.75 Å². The molecule has 0 aromatic heterocycles. The van der Waals surface area contributed by atoms with Crippen LogP contribution in [0.15, 0.2) is 24.3 Å². The number of nitrogens with zero attached hydrogens (tertiary/aromatic N) is 1. The van der Waals surface area contributed by atoms with Crippen molar-refractivity contribution in [2.24, 2.45) is 0 Å². The predicted molar refractivity (Wildman–Crippen MR) is 62.9 cm³/mol. The molecule has 1 aromatic carbocycles. The van der Waals surface area contributed by atoms with E-state index in [1.54, 1.807) is 7.11 Å². The van der Waals surface area contributed by atoms with Crippen LogP contribution in [0.25, 0.3) is 0 Å². The molecule has 0 amide bonds. The molecule has 0 aliphatic carbocycles. The Bertz CT molecular complexity index is 352. The highest BCUT2D eigenvalue weighted by molar-refractivity contribution is 5.70. The van der Waals surface area contributed by atoms with E-state index in [-0.39, 0.29) is 5.97 Å². The molecular formula is C12H17NO3. The number of methoxy groups -OCH3 is 2. The lowest BCUT2D eigenvalue weighted by molar-refractivity contribution is -0.140. The maximum Gasteiger partial charge on any atom is 0.307 e. The van der Waals surface area contributed by atoms with Gasteiger partial charge in [-0.05, 0) is 12.1 Å². The summed E-state index contributed by atoms with van der Waals surface area (Å²) in [5.41, 5.74) is 1.02. The third-order valence-corrected chi connectivity index (χ3v) is 2.37. The summed E-state index contributed by atoms with van der Waals surface area (Å²) in [5, 5.41) is 0. The van der Waals surface area contributed by atoms with Crippen LogP contribution in [-0.4, -0.2) is 33.8 Å². The normalized spacial score (nSPS) is 9.69. The summed E-state index contributed by atoms with van der Waals surface area (Å²) < 4.78 is 9.72. The lowest BCUT2D eigenvalue weighted by Gasteiger charge is -2.19. The molecule has 0 spiro atoms. The maximum atomic E-state index is 11.0. The zero-order chi connectivity index (χ0) is 12.0. The molecule has 0 radical (unpaired) electrons. The third kappa shape index (κ3) is 3.46. The van der Waals surface area contributed by atoms with E-state index in [0.29, 0.717) is 13.0 Å². The zero-order valence-electron chi connectivity index (χ0n) is 9.90. The van der Waals surface area contributed by atoms with Crippen molar-refractivity contribution in [3.63, 3.8) is 0 Å². The van der Waals surface area contributed by atoms with E-state index < -0.39 is 0 Å². The van der Waals surface area contributed by atoms with E-state index in [2.05, 4.69) is 4.74 Å². The molecule has 4 nitrogen and oxygen atoms in total. The topological polar surface area (TPSA) is 38.8 Å². The molecule has 0 saturated heterocycles. The number of esters is 1. The van der Waals surface area contributed by atoms with E-state index in [1.807, 2.05) is 36.2 Å². The van der Waals surface area contributed by atoms with Crippen LogP contribution < -0.4 is 9.64 Å². The van der Waals surface area contributed by atoms with Gasteiger partial charge in [-0.3, -0.25) is 4.79 Å². The van der Waals surface area contributed by atoms with Gasteiger partial charge in [0.05, 0.1) is 20.6 Å². The summed E-state index contributed by atoms with van der Waals surface area (Å²) >= 11 is 0. The van der Waals surface area contributed by atoms with Gasteiger partial charge >= 0.3 is 5.97 Å². The van der Waals surface area contributed by atoms with E-state index in [1.165, 1.54) is 7.11 Å². The van der Waals surface area contributed by atoms with Gasteiger partial charge in [-0.15, -0.1) is 0 Å². The van der Waals surface area contributed by atoms with Crippen LogP contribution in [0.1, 0.15) is 6.42 Å². The number of carbonyl (C=O) groups is 1. The van der Waals surface area contributed by atoms with Crippen LogP contribution in [-0.2, 0) is 9.53 Å². The molecule has 16 heavy (non-hydrogen) atoms. The van der Waals surface area contributed by atoms with Gasteiger partial charge in [-0.1, -0.05) is 6.07 Å². The van der Waals surface area contributed by atoms with Gasteiger partial charge in [0.15, 0.2) is 0 Å². The number of hydrogen-bond acceptors (Lipinski definition) is 4. The summed E-state index contributed by atoms with van der Waals surface area (Å²) in [6.45, 7) is 0.625. The molecule has 1 rings (SSSR count). The highest BCUT2D eigenvalue weighted by Gasteiger charge is 2.05. The van der Waals surface area contributed by atoms with E-state index in [0.717, 1.165) is 11.4 Å². The standard InChI is InChI=1S/C12H17NO3/c1-13(8-7-12(14)16-3)10-5-4-6-11(9-10)15-2/h4-6,9H,7-8H2,1-3H3. The number of carbonyl (C=O) groups excluding carboxylic acids is 1. The Morgan fingerprint density at radius 1 is 1.38 bits per heavy atom. The average molecular weight is 223 g/mol. The van der Waals surface area contributed by atoms with E-state index >= 15 is 0 Å². The minimum absolute atomic E-state index is 0.199. The molecule has 0 fully saturated rings. The van der Waals surface area contributed by atoms with Crippen LogP contribution in [0, 0.1) is 0 Å². The Hall–Kier alpha value is -1.71. The fourth-order valence-electron chi connectivity index (χ4n) is 1.34. The Morgan fingerprint density at radius 2 is 2.12 bits per heavy atom. The van der Waals surface area contributed by atoms with Gasteiger partial charge in [-0.25, -0.2) is 0 Å². The van der Waals surface area contributed by atoms with Crippen molar-refractivity contribution in [2.75, 3.05) is 32.7 Å². The van der Waals surface area contributed by atoms with E-state index in [4.69, 9.17) is 4.74 Å². The predicted octanol–water partition coefficient (Wildman–Crippen LogP) is 1.69. The van der Waals surface area contributed by atoms with Crippen LogP contribution >= 0.6 is 0 Å². The second-order valence-corrected chi connectivity index (χ2v) is 3.45. The summed E-state index contributed by atoms with van der Waals surface area (Å²) in [7, 11) is 4.96. The van der Waals surface area contributed by atoms with Gasteiger partial charge in [0.25, 0.3) is 0 Å². The van der Waals surface area contributed by atoms with Crippen LogP contribution in [0.4, 0.5) is 5.69 Å². The highest BCUT2D eigenvalue weighted by Crippen LogP contribution is 2.19. The van der Waals surface area contributed by atoms with Crippen molar-refractivity contribution in [3.8, 4) is 5.75 Å².